The molecule has 3 rings (SSSR count). The van der Waals surface area contributed by atoms with Crippen LogP contribution in [0.2, 0.25) is 5.28 Å². The Bertz CT molecular complexity index is 614. The number of pyridine rings is 1. The molecular weight excluding hydrogens is 262 g/mol. The molecule has 19 heavy (non-hydrogen) atoms. The van der Waals surface area contributed by atoms with Gasteiger partial charge in [-0.2, -0.15) is 9.97 Å². The molecule has 0 aromatic carbocycles. The van der Waals surface area contributed by atoms with Gasteiger partial charge in [0, 0.05) is 20.3 Å². The largest absolute Gasteiger partial charge is 0.347 e. The Labute approximate surface area is 116 Å². The highest BCUT2D eigenvalue weighted by Crippen LogP contribution is 2.35. The van der Waals surface area contributed by atoms with Gasteiger partial charge in [-0.3, -0.25) is 4.98 Å². The lowest BCUT2D eigenvalue weighted by Gasteiger charge is -2.14. The molecule has 0 fully saturated rings. The van der Waals surface area contributed by atoms with Gasteiger partial charge in [0.05, 0.1) is 11.6 Å². The molecule has 0 radical (unpaired) electrons. The van der Waals surface area contributed by atoms with Crippen LogP contribution in [-0.4, -0.2) is 34.0 Å². The van der Waals surface area contributed by atoms with Crippen LogP contribution in [0.15, 0.2) is 18.3 Å². The first-order valence-electron chi connectivity index (χ1n) is 6.17. The summed E-state index contributed by atoms with van der Waals surface area (Å²) in [5.41, 5.74) is 2.34. The Balaban J connectivity index is 2.04. The Morgan fingerprint density at radius 3 is 2.89 bits per heavy atom. The third-order valence-electron chi connectivity index (χ3n) is 3.28. The highest BCUT2D eigenvalue weighted by atomic mass is 35.5. The van der Waals surface area contributed by atoms with Crippen LogP contribution in [0.5, 0.6) is 0 Å². The summed E-state index contributed by atoms with van der Waals surface area (Å²) in [7, 11) is 3.77. The van der Waals surface area contributed by atoms with E-state index in [0.29, 0.717) is 11.8 Å². The summed E-state index contributed by atoms with van der Waals surface area (Å²) in [6, 6.07) is 4.07. The minimum atomic E-state index is 0.121. The maximum absolute atomic E-state index is 5.99. The molecule has 1 atom stereocenters. The van der Waals surface area contributed by atoms with Gasteiger partial charge >= 0.3 is 0 Å². The average molecular weight is 276 g/mol. The molecule has 2 aromatic heterocycles. The lowest BCUT2D eigenvalue weighted by atomic mass is 10.1. The lowest BCUT2D eigenvalue weighted by Crippen LogP contribution is -2.16. The van der Waals surface area contributed by atoms with Gasteiger partial charge in [0.1, 0.15) is 5.82 Å². The molecule has 1 unspecified atom stereocenters. The number of aryl methyl sites for hydroxylation is 1. The Kier molecular flexibility index (Phi) is 3.06. The smallest absolute Gasteiger partial charge is 0.229 e. The first-order chi connectivity index (χ1) is 9.15. The van der Waals surface area contributed by atoms with Gasteiger partial charge in [-0.25, -0.2) is 4.98 Å². The molecule has 0 amide bonds. The summed E-state index contributed by atoms with van der Waals surface area (Å²) < 4.78 is 0. The third-order valence-corrected chi connectivity index (χ3v) is 3.45. The van der Waals surface area contributed by atoms with E-state index in [1.807, 2.05) is 31.3 Å². The van der Waals surface area contributed by atoms with Crippen LogP contribution in [0.3, 0.4) is 0 Å². The van der Waals surface area contributed by atoms with E-state index in [1.54, 1.807) is 0 Å². The Hall–Kier alpha value is -1.75. The number of hydrogen-bond acceptors (Lipinski definition) is 5. The molecule has 0 aliphatic heterocycles. The molecule has 0 N–H and O–H groups in total. The van der Waals surface area contributed by atoms with Crippen molar-refractivity contribution in [1.82, 2.24) is 19.9 Å². The molecule has 2 heterocycles. The fourth-order valence-electron chi connectivity index (χ4n) is 2.37. The summed E-state index contributed by atoms with van der Waals surface area (Å²) in [4.78, 5) is 19.2. The van der Waals surface area contributed by atoms with Crippen LogP contribution < -0.4 is 4.90 Å². The number of aromatic nitrogens is 4. The van der Waals surface area contributed by atoms with Crippen molar-refractivity contribution in [1.29, 1.82) is 0 Å². The second kappa shape index (κ2) is 4.74. The van der Waals surface area contributed by atoms with Crippen molar-refractivity contribution in [3.8, 4) is 0 Å². The standard InChI is InChI=1S/C13H14ClN5/c1-19(2)13-17-11(16-12(14)18-13)9-6-5-8-4-3-7-15-10(8)9/h3-4,7,9H,5-6H2,1-2H3. The summed E-state index contributed by atoms with van der Waals surface area (Å²) in [6.45, 7) is 0. The van der Waals surface area contributed by atoms with Crippen LogP contribution in [-0.2, 0) is 6.42 Å². The average Bonchev–Trinajstić information content (AvgIpc) is 2.81. The number of rotatable bonds is 2. The number of fused-ring (bicyclic) bond motifs is 1. The van der Waals surface area contributed by atoms with Gasteiger partial charge in [-0.15, -0.1) is 0 Å². The van der Waals surface area contributed by atoms with Gasteiger partial charge in [0.15, 0.2) is 0 Å². The monoisotopic (exact) mass is 275 g/mol. The van der Waals surface area contributed by atoms with Crippen LogP contribution in [0.1, 0.15) is 29.4 Å². The fraction of sp³-hybridized carbons (Fsp3) is 0.385. The SMILES string of the molecule is CN(C)c1nc(Cl)nc(C2CCc3cccnc32)n1. The fourth-order valence-corrected chi connectivity index (χ4v) is 2.54. The molecule has 2 aromatic rings. The van der Waals surface area contributed by atoms with Crippen molar-refractivity contribution >= 4 is 17.5 Å². The number of nitrogens with zero attached hydrogens (tertiary/aromatic N) is 5. The number of halogens is 1. The predicted octanol–water partition coefficient (Wildman–Crippen LogP) is 2.06. The summed E-state index contributed by atoms with van der Waals surface area (Å²) in [5, 5.41) is 0.234. The molecule has 5 nitrogen and oxygen atoms in total. The third kappa shape index (κ3) is 2.26. The van der Waals surface area contributed by atoms with Crippen molar-refractivity contribution < 1.29 is 0 Å². The van der Waals surface area contributed by atoms with Crippen molar-refractivity contribution in [3.63, 3.8) is 0 Å². The topological polar surface area (TPSA) is 54.8 Å². The molecule has 0 saturated heterocycles. The molecule has 98 valence electrons. The van der Waals surface area contributed by atoms with E-state index in [1.165, 1.54) is 5.56 Å². The van der Waals surface area contributed by atoms with Gasteiger partial charge < -0.3 is 4.90 Å². The lowest BCUT2D eigenvalue weighted by molar-refractivity contribution is 0.704. The van der Waals surface area contributed by atoms with E-state index < -0.39 is 0 Å². The molecule has 0 saturated carbocycles. The molecule has 0 bridgehead atoms. The predicted molar refractivity (Wildman–Crippen MR) is 73.6 cm³/mol. The van der Waals surface area contributed by atoms with E-state index in [0.717, 1.165) is 18.5 Å². The first kappa shape index (κ1) is 12.3. The summed E-state index contributed by atoms with van der Waals surface area (Å²) >= 11 is 5.99. The van der Waals surface area contributed by atoms with E-state index in [4.69, 9.17) is 11.6 Å². The first-order valence-corrected chi connectivity index (χ1v) is 6.55. The second-order valence-electron chi connectivity index (χ2n) is 4.80. The second-order valence-corrected chi connectivity index (χ2v) is 5.13. The molecule has 6 heteroatoms. The van der Waals surface area contributed by atoms with Gasteiger partial charge in [0.25, 0.3) is 0 Å². The molecule has 1 aliphatic carbocycles. The van der Waals surface area contributed by atoms with Crippen LogP contribution >= 0.6 is 11.6 Å². The summed E-state index contributed by atoms with van der Waals surface area (Å²) in [5.74, 6) is 1.41. The normalized spacial score (nSPS) is 17.3. The van der Waals surface area contributed by atoms with E-state index >= 15 is 0 Å². The van der Waals surface area contributed by atoms with Crippen molar-refractivity contribution in [2.45, 2.75) is 18.8 Å². The molecular formula is C13H14ClN5. The zero-order valence-electron chi connectivity index (χ0n) is 10.8. The zero-order chi connectivity index (χ0) is 13.4. The Morgan fingerprint density at radius 2 is 2.11 bits per heavy atom. The maximum Gasteiger partial charge on any atom is 0.229 e. The minimum Gasteiger partial charge on any atom is -0.347 e. The zero-order valence-corrected chi connectivity index (χ0v) is 11.6. The van der Waals surface area contributed by atoms with E-state index in [-0.39, 0.29) is 11.2 Å². The van der Waals surface area contributed by atoms with E-state index in [9.17, 15) is 0 Å². The Morgan fingerprint density at radius 1 is 1.26 bits per heavy atom. The van der Waals surface area contributed by atoms with Crippen LogP contribution in [0, 0.1) is 0 Å². The van der Waals surface area contributed by atoms with Crippen LogP contribution in [0.25, 0.3) is 0 Å². The molecule has 1 aliphatic rings. The van der Waals surface area contributed by atoms with Crippen molar-refractivity contribution in [3.05, 3.63) is 40.7 Å². The van der Waals surface area contributed by atoms with Crippen molar-refractivity contribution in [2.24, 2.45) is 0 Å². The number of anilines is 1. The van der Waals surface area contributed by atoms with Gasteiger partial charge in [-0.1, -0.05) is 6.07 Å². The quantitative estimate of drug-likeness (QED) is 0.840. The van der Waals surface area contributed by atoms with Gasteiger partial charge in [0.2, 0.25) is 11.2 Å². The summed E-state index contributed by atoms with van der Waals surface area (Å²) in [6.07, 6.45) is 3.79. The van der Waals surface area contributed by atoms with Gasteiger partial charge in [-0.05, 0) is 36.1 Å². The highest BCUT2D eigenvalue weighted by molar-refractivity contribution is 6.28. The minimum absolute atomic E-state index is 0.121. The maximum atomic E-state index is 5.99. The van der Waals surface area contributed by atoms with Crippen LogP contribution in [0.4, 0.5) is 5.95 Å². The molecule has 0 spiro atoms. The highest BCUT2D eigenvalue weighted by Gasteiger charge is 2.28. The van der Waals surface area contributed by atoms with E-state index in [2.05, 4.69) is 26.0 Å². The number of hydrogen-bond donors (Lipinski definition) is 0. The van der Waals surface area contributed by atoms with Crippen molar-refractivity contribution in [2.75, 3.05) is 19.0 Å².